The van der Waals surface area contributed by atoms with Gasteiger partial charge in [-0.3, -0.25) is 4.68 Å². The summed E-state index contributed by atoms with van der Waals surface area (Å²) >= 11 is 0. The van der Waals surface area contributed by atoms with E-state index in [-0.39, 0.29) is 6.04 Å². The number of hydrogen-bond acceptors (Lipinski definition) is 3. The lowest BCUT2D eigenvalue weighted by molar-refractivity contribution is 0.727. The van der Waals surface area contributed by atoms with Crippen molar-refractivity contribution in [1.82, 2.24) is 9.78 Å². The smallest absolute Gasteiger partial charge is 0.134 e. The second kappa shape index (κ2) is 4.94. The van der Waals surface area contributed by atoms with Gasteiger partial charge in [-0.2, -0.15) is 5.10 Å². The first kappa shape index (κ1) is 13.2. The van der Waals surface area contributed by atoms with Crippen molar-refractivity contribution in [2.45, 2.75) is 32.7 Å². The maximum atomic E-state index is 6.01. The average Bonchev–Trinajstić information content (AvgIpc) is 2.92. The van der Waals surface area contributed by atoms with Gasteiger partial charge in [0.2, 0.25) is 0 Å². The van der Waals surface area contributed by atoms with Crippen LogP contribution in [0.15, 0.2) is 24.3 Å². The third-order valence-corrected chi connectivity index (χ3v) is 3.98. The molecule has 0 fully saturated rings. The van der Waals surface area contributed by atoms with Crippen LogP contribution in [0.5, 0.6) is 0 Å². The van der Waals surface area contributed by atoms with Crippen LogP contribution in [-0.2, 0) is 19.9 Å². The Morgan fingerprint density at radius 2 is 2.10 bits per heavy atom. The zero-order valence-corrected chi connectivity index (χ0v) is 12.4. The zero-order valence-electron chi connectivity index (χ0n) is 12.4. The number of anilines is 2. The Balaban J connectivity index is 2.07. The Hall–Kier alpha value is -1.81. The summed E-state index contributed by atoms with van der Waals surface area (Å²) < 4.78 is 2.00. The van der Waals surface area contributed by atoms with E-state index < -0.39 is 0 Å². The largest absolute Gasteiger partial charge is 0.328 e. The molecule has 1 atom stereocenters. The summed E-state index contributed by atoms with van der Waals surface area (Å²) in [6.45, 7) is 5.14. The van der Waals surface area contributed by atoms with Gasteiger partial charge in [0.05, 0.1) is 5.69 Å². The molecule has 2 aromatic rings. The van der Waals surface area contributed by atoms with Gasteiger partial charge < -0.3 is 10.6 Å². The van der Waals surface area contributed by atoms with Crippen molar-refractivity contribution in [1.29, 1.82) is 0 Å². The SMILES string of the molecule is Cc1nn(C)c(N2CCc3ccccc32)c1CC(C)N. The monoisotopic (exact) mass is 270 g/mol. The molecule has 0 spiro atoms. The standard InChI is InChI=1S/C16H22N4/c1-11(17)10-14-12(2)18-19(3)16(14)20-9-8-13-6-4-5-7-15(13)20/h4-7,11H,8-10,17H2,1-3H3. The maximum Gasteiger partial charge on any atom is 0.134 e. The van der Waals surface area contributed by atoms with Crippen molar-refractivity contribution < 1.29 is 0 Å². The van der Waals surface area contributed by atoms with Crippen molar-refractivity contribution in [2.24, 2.45) is 12.8 Å². The normalized spacial score (nSPS) is 15.5. The van der Waals surface area contributed by atoms with Crippen molar-refractivity contribution in [3.05, 3.63) is 41.1 Å². The molecule has 20 heavy (non-hydrogen) atoms. The van der Waals surface area contributed by atoms with Crippen molar-refractivity contribution in [2.75, 3.05) is 11.4 Å². The Bertz CT molecular complexity index is 627. The molecule has 3 rings (SSSR count). The first-order valence-electron chi connectivity index (χ1n) is 7.21. The first-order chi connectivity index (χ1) is 9.58. The molecule has 1 aliphatic rings. The average molecular weight is 270 g/mol. The second-order valence-corrected chi connectivity index (χ2v) is 5.72. The summed E-state index contributed by atoms with van der Waals surface area (Å²) in [5, 5.41) is 4.60. The van der Waals surface area contributed by atoms with Crippen molar-refractivity contribution in [3.63, 3.8) is 0 Å². The number of para-hydroxylation sites is 1. The Labute approximate surface area is 120 Å². The lowest BCUT2D eigenvalue weighted by Crippen LogP contribution is -2.22. The summed E-state index contributed by atoms with van der Waals surface area (Å²) in [7, 11) is 2.02. The van der Waals surface area contributed by atoms with Crippen molar-refractivity contribution in [3.8, 4) is 0 Å². The van der Waals surface area contributed by atoms with Gasteiger partial charge in [-0.1, -0.05) is 18.2 Å². The number of aryl methyl sites for hydroxylation is 2. The minimum atomic E-state index is 0.148. The third kappa shape index (κ3) is 2.10. The lowest BCUT2D eigenvalue weighted by atomic mass is 10.1. The summed E-state index contributed by atoms with van der Waals surface area (Å²) in [4.78, 5) is 2.38. The fourth-order valence-electron chi connectivity index (χ4n) is 3.15. The fraction of sp³-hybridized carbons (Fsp3) is 0.438. The van der Waals surface area contributed by atoms with Gasteiger partial charge >= 0.3 is 0 Å². The molecule has 4 nitrogen and oxygen atoms in total. The second-order valence-electron chi connectivity index (χ2n) is 5.72. The summed E-state index contributed by atoms with van der Waals surface area (Å²) in [5.74, 6) is 1.20. The van der Waals surface area contributed by atoms with Gasteiger partial charge in [0.15, 0.2) is 0 Å². The Morgan fingerprint density at radius 1 is 1.35 bits per heavy atom. The molecular weight excluding hydrogens is 248 g/mol. The van der Waals surface area contributed by atoms with E-state index in [0.717, 1.165) is 25.1 Å². The van der Waals surface area contributed by atoms with Gasteiger partial charge in [0.25, 0.3) is 0 Å². The molecule has 1 aromatic heterocycles. The summed E-state index contributed by atoms with van der Waals surface area (Å²) in [6, 6.07) is 8.77. The van der Waals surface area contributed by atoms with Crippen LogP contribution in [0.2, 0.25) is 0 Å². The first-order valence-corrected chi connectivity index (χ1v) is 7.21. The molecule has 2 N–H and O–H groups in total. The van der Waals surface area contributed by atoms with Crippen LogP contribution in [0, 0.1) is 6.92 Å². The highest BCUT2D eigenvalue weighted by Gasteiger charge is 2.26. The Morgan fingerprint density at radius 3 is 2.85 bits per heavy atom. The summed E-state index contributed by atoms with van der Waals surface area (Å²) in [5.41, 5.74) is 11.1. The van der Waals surface area contributed by atoms with Crippen LogP contribution in [0.3, 0.4) is 0 Å². The van der Waals surface area contributed by atoms with Crippen LogP contribution < -0.4 is 10.6 Å². The highest BCUT2D eigenvalue weighted by molar-refractivity contribution is 5.70. The molecule has 2 heterocycles. The minimum absolute atomic E-state index is 0.148. The molecular formula is C16H22N4. The molecule has 0 saturated carbocycles. The predicted molar refractivity (Wildman–Crippen MR) is 82.5 cm³/mol. The van der Waals surface area contributed by atoms with E-state index in [0.29, 0.717) is 0 Å². The predicted octanol–water partition coefficient (Wildman–Crippen LogP) is 2.31. The number of hydrogen-bond donors (Lipinski definition) is 1. The number of fused-ring (bicyclic) bond motifs is 1. The van der Waals surface area contributed by atoms with Crippen LogP contribution >= 0.6 is 0 Å². The van der Waals surface area contributed by atoms with Crippen LogP contribution in [0.25, 0.3) is 0 Å². The van der Waals surface area contributed by atoms with E-state index in [1.165, 1.54) is 22.6 Å². The molecule has 0 aliphatic carbocycles. The van der Waals surface area contributed by atoms with Gasteiger partial charge in [-0.15, -0.1) is 0 Å². The van der Waals surface area contributed by atoms with Crippen LogP contribution in [0.1, 0.15) is 23.7 Å². The minimum Gasteiger partial charge on any atom is -0.328 e. The molecule has 1 unspecified atom stereocenters. The van der Waals surface area contributed by atoms with Crippen LogP contribution in [-0.4, -0.2) is 22.4 Å². The topological polar surface area (TPSA) is 47.1 Å². The maximum absolute atomic E-state index is 6.01. The molecule has 0 amide bonds. The molecule has 0 bridgehead atoms. The molecule has 0 radical (unpaired) electrons. The molecule has 106 valence electrons. The van der Waals surface area contributed by atoms with Gasteiger partial charge in [0.1, 0.15) is 5.82 Å². The molecule has 0 saturated heterocycles. The number of rotatable bonds is 3. The van der Waals surface area contributed by atoms with E-state index in [1.54, 1.807) is 0 Å². The Kier molecular flexibility index (Phi) is 3.26. The fourth-order valence-corrected chi connectivity index (χ4v) is 3.15. The quantitative estimate of drug-likeness (QED) is 0.931. The van der Waals surface area contributed by atoms with Gasteiger partial charge in [0, 0.05) is 30.9 Å². The van der Waals surface area contributed by atoms with E-state index in [2.05, 4.69) is 41.2 Å². The summed E-state index contributed by atoms with van der Waals surface area (Å²) in [6.07, 6.45) is 1.96. The number of nitrogens with two attached hydrogens (primary N) is 1. The highest BCUT2D eigenvalue weighted by Crippen LogP contribution is 2.37. The van der Waals surface area contributed by atoms with Crippen molar-refractivity contribution >= 4 is 11.5 Å². The number of nitrogens with zero attached hydrogens (tertiary/aromatic N) is 3. The lowest BCUT2D eigenvalue weighted by Gasteiger charge is -2.22. The van der Waals surface area contributed by atoms with Crippen LogP contribution in [0.4, 0.5) is 11.5 Å². The van der Waals surface area contributed by atoms with Gasteiger partial charge in [-0.25, -0.2) is 0 Å². The molecule has 4 heteroatoms. The van der Waals surface area contributed by atoms with E-state index in [1.807, 2.05) is 18.7 Å². The zero-order chi connectivity index (χ0) is 14.3. The number of aromatic nitrogens is 2. The van der Waals surface area contributed by atoms with E-state index >= 15 is 0 Å². The van der Waals surface area contributed by atoms with E-state index in [4.69, 9.17) is 5.73 Å². The van der Waals surface area contributed by atoms with E-state index in [9.17, 15) is 0 Å². The number of benzene rings is 1. The molecule has 1 aliphatic heterocycles. The third-order valence-electron chi connectivity index (χ3n) is 3.98. The van der Waals surface area contributed by atoms with Gasteiger partial charge in [-0.05, 0) is 38.3 Å². The molecule has 1 aromatic carbocycles. The highest BCUT2D eigenvalue weighted by atomic mass is 15.4.